The summed E-state index contributed by atoms with van der Waals surface area (Å²) in [6.07, 6.45) is 0.849. The molecule has 0 unspecified atom stereocenters. The van der Waals surface area contributed by atoms with E-state index in [1.165, 1.54) is 11.3 Å². The van der Waals surface area contributed by atoms with Crippen LogP contribution in [0, 0.1) is 6.92 Å². The van der Waals surface area contributed by atoms with Crippen LogP contribution in [0.25, 0.3) is 10.2 Å². The lowest BCUT2D eigenvalue weighted by atomic mass is 10.3. The van der Waals surface area contributed by atoms with Crippen molar-refractivity contribution in [2.45, 2.75) is 13.3 Å². The van der Waals surface area contributed by atoms with Gasteiger partial charge >= 0.3 is 0 Å². The Bertz CT molecular complexity index is 807. The van der Waals surface area contributed by atoms with Gasteiger partial charge in [-0.25, -0.2) is 4.98 Å². The molecule has 3 rings (SSSR count). The van der Waals surface area contributed by atoms with Gasteiger partial charge in [-0.2, -0.15) is 0 Å². The van der Waals surface area contributed by atoms with E-state index in [0.717, 1.165) is 23.2 Å². The summed E-state index contributed by atoms with van der Waals surface area (Å²) in [6, 6.07) is 9.55. The molecule has 2 aromatic heterocycles. The summed E-state index contributed by atoms with van der Waals surface area (Å²) in [5, 5.41) is 4.51. The second kappa shape index (κ2) is 7.11. The van der Waals surface area contributed by atoms with Gasteiger partial charge in [0.2, 0.25) is 5.76 Å². The van der Waals surface area contributed by atoms with E-state index in [1.54, 1.807) is 17.9 Å². The largest absolute Gasteiger partial charge is 0.351 e. The van der Waals surface area contributed by atoms with Gasteiger partial charge in [0.25, 0.3) is 5.91 Å². The van der Waals surface area contributed by atoms with Crippen molar-refractivity contribution >= 4 is 32.6 Å². The Morgan fingerprint density at radius 1 is 1.25 bits per heavy atom. The van der Waals surface area contributed by atoms with Gasteiger partial charge in [-0.15, -0.1) is 0 Å². The fourth-order valence-corrected chi connectivity index (χ4v) is 3.39. The molecule has 0 radical (unpaired) electrons. The number of rotatable bonds is 6. The summed E-state index contributed by atoms with van der Waals surface area (Å²) in [5.41, 5.74) is 1.59. The average molecular weight is 344 g/mol. The molecule has 0 atom stereocenters. The summed E-state index contributed by atoms with van der Waals surface area (Å²) in [6.45, 7) is 3.27. The number of aryl methyl sites for hydroxylation is 1. The number of hydrogen-bond donors (Lipinski definition) is 0. The van der Waals surface area contributed by atoms with Crippen LogP contribution >= 0.6 is 11.3 Å². The first-order valence-electron chi connectivity index (χ1n) is 7.80. The molecule has 0 aliphatic rings. The van der Waals surface area contributed by atoms with Crippen LogP contribution < -0.4 is 4.90 Å². The molecule has 24 heavy (non-hydrogen) atoms. The first-order chi connectivity index (χ1) is 11.5. The van der Waals surface area contributed by atoms with Crippen LogP contribution in [-0.2, 0) is 0 Å². The minimum atomic E-state index is -0.201. The van der Waals surface area contributed by atoms with Gasteiger partial charge in [-0.3, -0.25) is 9.69 Å². The number of fused-ring (bicyclic) bond motifs is 1. The van der Waals surface area contributed by atoms with Gasteiger partial charge in [-0.1, -0.05) is 28.6 Å². The van der Waals surface area contributed by atoms with Gasteiger partial charge in [0.05, 0.1) is 15.9 Å². The van der Waals surface area contributed by atoms with Crippen molar-refractivity contribution in [1.82, 2.24) is 15.0 Å². The summed E-state index contributed by atoms with van der Waals surface area (Å²) in [7, 11) is 4.04. The van der Waals surface area contributed by atoms with Crippen LogP contribution in [0.4, 0.5) is 5.13 Å². The van der Waals surface area contributed by atoms with Gasteiger partial charge < -0.3 is 9.42 Å². The predicted molar refractivity (Wildman–Crippen MR) is 95.7 cm³/mol. The van der Waals surface area contributed by atoms with E-state index in [9.17, 15) is 4.79 Å². The third-order valence-electron chi connectivity index (χ3n) is 3.58. The van der Waals surface area contributed by atoms with Crippen molar-refractivity contribution in [1.29, 1.82) is 0 Å². The lowest BCUT2D eigenvalue weighted by Gasteiger charge is -2.19. The Hall–Kier alpha value is -2.25. The zero-order chi connectivity index (χ0) is 17.1. The maximum Gasteiger partial charge on any atom is 0.298 e. The van der Waals surface area contributed by atoms with Crippen molar-refractivity contribution in [3.8, 4) is 0 Å². The molecular formula is C17H20N4O2S. The predicted octanol–water partition coefficient (Wildman–Crippen LogP) is 3.19. The molecule has 0 aliphatic heterocycles. The van der Waals surface area contributed by atoms with Gasteiger partial charge in [-0.05, 0) is 46.1 Å². The zero-order valence-corrected chi connectivity index (χ0v) is 14.8. The highest BCUT2D eigenvalue weighted by Crippen LogP contribution is 2.29. The standard InChI is InChI=1S/C17H20N4O2S/c1-12-11-14(23-19-12)16(22)21(10-6-9-20(2)3)17-18-13-7-4-5-8-15(13)24-17/h4-5,7-8,11H,6,9-10H2,1-3H3. The van der Waals surface area contributed by atoms with Crippen LogP contribution in [0.15, 0.2) is 34.9 Å². The molecule has 6 nitrogen and oxygen atoms in total. The molecular weight excluding hydrogens is 324 g/mol. The van der Waals surface area contributed by atoms with Crippen molar-refractivity contribution < 1.29 is 9.32 Å². The average Bonchev–Trinajstić information content (AvgIpc) is 3.16. The third kappa shape index (κ3) is 3.63. The second-order valence-electron chi connectivity index (χ2n) is 5.91. The Morgan fingerprint density at radius 3 is 2.71 bits per heavy atom. The van der Waals surface area contributed by atoms with Crippen molar-refractivity contribution in [2.24, 2.45) is 0 Å². The van der Waals surface area contributed by atoms with E-state index in [-0.39, 0.29) is 11.7 Å². The lowest BCUT2D eigenvalue weighted by Crippen LogP contribution is -2.33. The van der Waals surface area contributed by atoms with Crippen molar-refractivity contribution in [3.05, 3.63) is 41.8 Å². The second-order valence-corrected chi connectivity index (χ2v) is 6.92. The monoisotopic (exact) mass is 344 g/mol. The number of amides is 1. The number of aromatic nitrogens is 2. The molecule has 3 aromatic rings. The Kier molecular flexibility index (Phi) is 4.92. The fraction of sp³-hybridized carbons (Fsp3) is 0.353. The van der Waals surface area contributed by atoms with Crippen LogP contribution in [0.3, 0.4) is 0 Å². The molecule has 1 aromatic carbocycles. The van der Waals surface area contributed by atoms with E-state index in [4.69, 9.17) is 4.52 Å². The Balaban J connectivity index is 1.89. The maximum absolute atomic E-state index is 12.9. The molecule has 0 aliphatic carbocycles. The SMILES string of the molecule is Cc1cc(C(=O)N(CCCN(C)C)c2nc3ccccc3s2)on1. The fourth-order valence-electron chi connectivity index (χ4n) is 2.40. The highest BCUT2D eigenvalue weighted by atomic mass is 32.1. The summed E-state index contributed by atoms with van der Waals surface area (Å²) >= 11 is 1.51. The lowest BCUT2D eigenvalue weighted by molar-refractivity contribution is 0.0950. The molecule has 0 saturated heterocycles. The van der Waals surface area contributed by atoms with E-state index >= 15 is 0 Å². The number of benzene rings is 1. The molecule has 0 saturated carbocycles. The van der Waals surface area contributed by atoms with E-state index in [0.29, 0.717) is 17.4 Å². The third-order valence-corrected chi connectivity index (χ3v) is 4.64. The quantitative estimate of drug-likeness (QED) is 0.687. The highest BCUT2D eigenvalue weighted by molar-refractivity contribution is 7.22. The van der Waals surface area contributed by atoms with Crippen LogP contribution in [0.1, 0.15) is 22.7 Å². The van der Waals surface area contributed by atoms with Crippen molar-refractivity contribution in [3.63, 3.8) is 0 Å². The molecule has 0 spiro atoms. The topological polar surface area (TPSA) is 62.5 Å². The number of carbonyl (C=O) groups excluding carboxylic acids is 1. The first-order valence-corrected chi connectivity index (χ1v) is 8.62. The van der Waals surface area contributed by atoms with E-state index < -0.39 is 0 Å². The molecule has 126 valence electrons. The molecule has 7 heteroatoms. The number of carbonyl (C=O) groups is 1. The summed E-state index contributed by atoms with van der Waals surface area (Å²) < 4.78 is 6.22. The molecule has 0 fully saturated rings. The van der Waals surface area contributed by atoms with E-state index in [1.807, 2.05) is 38.4 Å². The zero-order valence-electron chi connectivity index (χ0n) is 14.0. The Morgan fingerprint density at radius 2 is 2.04 bits per heavy atom. The number of para-hydroxylation sites is 1. The number of nitrogens with zero attached hydrogens (tertiary/aromatic N) is 4. The van der Waals surface area contributed by atoms with Crippen LogP contribution in [-0.4, -0.2) is 48.1 Å². The van der Waals surface area contributed by atoms with E-state index in [2.05, 4.69) is 15.0 Å². The number of anilines is 1. The molecule has 1 amide bonds. The normalized spacial score (nSPS) is 11.3. The minimum Gasteiger partial charge on any atom is -0.351 e. The van der Waals surface area contributed by atoms with Crippen molar-refractivity contribution in [2.75, 3.05) is 32.1 Å². The highest BCUT2D eigenvalue weighted by Gasteiger charge is 2.24. The van der Waals surface area contributed by atoms with Gasteiger partial charge in [0, 0.05) is 12.6 Å². The minimum absolute atomic E-state index is 0.201. The first kappa shape index (κ1) is 16.6. The number of hydrogen-bond acceptors (Lipinski definition) is 6. The summed E-state index contributed by atoms with van der Waals surface area (Å²) in [4.78, 5) is 21.3. The van der Waals surface area contributed by atoms with Gasteiger partial charge in [0.1, 0.15) is 0 Å². The Labute approximate surface area is 144 Å². The smallest absolute Gasteiger partial charge is 0.298 e. The molecule has 0 N–H and O–H groups in total. The summed E-state index contributed by atoms with van der Waals surface area (Å²) in [5.74, 6) is 0.0463. The van der Waals surface area contributed by atoms with Crippen LogP contribution in [0.5, 0.6) is 0 Å². The molecule has 0 bridgehead atoms. The van der Waals surface area contributed by atoms with Gasteiger partial charge in [0.15, 0.2) is 5.13 Å². The van der Waals surface area contributed by atoms with Crippen LogP contribution in [0.2, 0.25) is 0 Å². The number of thiazole rings is 1. The maximum atomic E-state index is 12.9. The molecule has 2 heterocycles.